The minimum Gasteiger partial charge on any atom is -0.438 e. The van der Waals surface area contributed by atoms with E-state index in [0.717, 1.165) is 16.8 Å². The van der Waals surface area contributed by atoms with E-state index < -0.39 is 0 Å². The molecule has 0 aliphatic heterocycles. The molecule has 0 atom stereocenters. The van der Waals surface area contributed by atoms with Crippen molar-refractivity contribution < 1.29 is 9.21 Å². The Morgan fingerprint density at radius 3 is 2.45 bits per heavy atom. The normalized spacial score (nSPS) is 11.8. The zero-order chi connectivity index (χ0) is 20.2. The van der Waals surface area contributed by atoms with Gasteiger partial charge in [0.25, 0.3) is 5.91 Å². The fourth-order valence-corrected chi connectivity index (χ4v) is 3.11. The number of hydrogen-bond donors (Lipinski definition) is 1. The molecule has 4 nitrogen and oxygen atoms in total. The predicted molar refractivity (Wildman–Crippen MR) is 116 cm³/mol. The summed E-state index contributed by atoms with van der Waals surface area (Å²) in [4.78, 5) is 17.7. The van der Waals surface area contributed by atoms with Crippen molar-refractivity contribution >= 4 is 28.3 Å². The zero-order valence-electron chi connectivity index (χ0n) is 16.4. The lowest BCUT2D eigenvalue weighted by atomic mass is 10.0. The molecular formula is C25H22N2O2. The highest BCUT2D eigenvalue weighted by Crippen LogP contribution is 2.21. The van der Waals surface area contributed by atoms with Gasteiger partial charge in [-0.25, -0.2) is 4.99 Å². The van der Waals surface area contributed by atoms with Gasteiger partial charge in [0.1, 0.15) is 11.1 Å². The van der Waals surface area contributed by atoms with Crippen LogP contribution >= 0.6 is 0 Å². The third-order valence-corrected chi connectivity index (χ3v) is 4.70. The summed E-state index contributed by atoms with van der Waals surface area (Å²) in [6, 6.07) is 26.8. The first-order valence-corrected chi connectivity index (χ1v) is 9.64. The number of para-hydroxylation sites is 2. The molecule has 1 amide bonds. The van der Waals surface area contributed by atoms with Crippen LogP contribution < -0.4 is 10.9 Å². The molecule has 4 aromatic rings. The first kappa shape index (κ1) is 18.7. The maximum absolute atomic E-state index is 13.0. The summed E-state index contributed by atoms with van der Waals surface area (Å²) in [5.74, 6) is 0.129. The van der Waals surface area contributed by atoms with Crippen LogP contribution in [0.15, 0.2) is 94.3 Å². The zero-order valence-corrected chi connectivity index (χ0v) is 16.4. The maximum Gasteiger partial charge on any atom is 0.261 e. The topological polar surface area (TPSA) is 54.6 Å². The summed E-state index contributed by atoms with van der Waals surface area (Å²) in [5, 5.41) is 3.77. The Balaban J connectivity index is 1.84. The lowest BCUT2D eigenvalue weighted by molar-refractivity contribution is 0.102. The van der Waals surface area contributed by atoms with Crippen LogP contribution in [0.3, 0.4) is 0 Å². The summed E-state index contributed by atoms with van der Waals surface area (Å²) in [7, 11) is 0. The van der Waals surface area contributed by atoms with E-state index in [0.29, 0.717) is 17.1 Å². The van der Waals surface area contributed by atoms with Crippen LogP contribution in [0, 0.1) is 0 Å². The van der Waals surface area contributed by atoms with Gasteiger partial charge in [-0.15, -0.1) is 0 Å². The molecule has 0 aliphatic carbocycles. The van der Waals surface area contributed by atoms with E-state index in [-0.39, 0.29) is 11.5 Å². The van der Waals surface area contributed by atoms with Crippen molar-refractivity contribution in [1.82, 2.24) is 0 Å². The Kier molecular flexibility index (Phi) is 5.25. The van der Waals surface area contributed by atoms with Crippen LogP contribution in [-0.4, -0.2) is 5.91 Å². The van der Waals surface area contributed by atoms with Gasteiger partial charge in [-0.1, -0.05) is 62.4 Å². The van der Waals surface area contributed by atoms with E-state index in [1.54, 1.807) is 0 Å². The molecular weight excluding hydrogens is 360 g/mol. The molecule has 0 fully saturated rings. The van der Waals surface area contributed by atoms with E-state index in [1.807, 2.05) is 78.9 Å². The number of carbonyl (C=O) groups is 1. The maximum atomic E-state index is 13.0. The molecule has 0 aliphatic rings. The van der Waals surface area contributed by atoms with Gasteiger partial charge in [-0.05, 0) is 47.9 Å². The molecule has 0 bridgehead atoms. The number of amides is 1. The van der Waals surface area contributed by atoms with Crippen LogP contribution in [-0.2, 0) is 0 Å². The van der Waals surface area contributed by atoms with Gasteiger partial charge in [0.15, 0.2) is 0 Å². The van der Waals surface area contributed by atoms with Gasteiger partial charge in [-0.2, -0.15) is 0 Å². The number of rotatable bonds is 4. The van der Waals surface area contributed by atoms with Crippen molar-refractivity contribution in [2.75, 3.05) is 5.32 Å². The van der Waals surface area contributed by atoms with Crippen LogP contribution in [0.2, 0.25) is 0 Å². The molecule has 0 saturated heterocycles. The van der Waals surface area contributed by atoms with Crippen molar-refractivity contribution in [3.63, 3.8) is 0 Å². The fourth-order valence-electron chi connectivity index (χ4n) is 3.11. The molecule has 1 N–H and O–H groups in total. The lowest BCUT2D eigenvalue weighted by Crippen LogP contribution is -2.21. The van der Waals surface area contributed by atoms with E-state index in [1.165, 1.54) is 5.56 Å². The second-order valence-corrected chi connectivity index (χ2v) is 7.18. The molecule has 0 unspecified atom stereocenters. The third kappa shape index (κ3) is 4.27. The highest BCUT2D eigenvalue weighted by molar-refractivity contribution is 6.05. The molecule has 4 rings (SSSR count). The van der Waals surface area contributed by atoms with Crippen LogP contribution in [0.4, 0.5) is 11.4 Å². The molecule has 0 radical (unpaired) electrons. The minimum atomic E-state index is -0.260. The number of hydrogen-bond acceptors (Lipinski definition) is 3. The molecule has 0 spiro atoms. The number of benzene rings is 3. The van der Waals surface area contributed by atoms with Crippen molar-refractivity contribution in [1.29, 1.82) is 0 Å². The first-order valence-electron chi connectivity index (χ1n) is 9.64. The first-order chi connectivity index (χ1) is 14.1. The standard InChI is InChI=1S/C25H22N2O2/c1-17(2)18-10-8-13-21(15-18)27-25-22(16-19-9-6-7-14-23(19)29-25)24(28)26-20-11-4-3-5-12-20/h3-17H,1-2H3,(H,26,28). The van der Waals surface area contributed by atoms with E-state index in [2.05, 4.69) is 30.2 Å². The summed E-state index contributed by atoms with van der Waals surface area (Å²) in [5.41, 5.74) is 4.02. The average Bonchev–Trinajstić information content (AvgIpc) is 2.74. The predicted octanol–water partition coefficient (Wildman–Crippen LogP) is 6.04. The quantitative estimate of drug-likeness (QED) is 0.468. The Hall–Kier alpha value is -3.66. The van der Waals surface area contributed by atoms with Gasteiger partial charge < -0.3 is 9.73 Å². The van der Waals surface area contributed by atoms with Crippen LogP contribution in [0.25, 0.3) is 11.0 Å². The Morgan fingerprint density at radius 2 is 1.66 bits per heavy atom. The molecule has 0 saturated carbocycles. The SMILES string of the molecule is CC(C)c1cccc(N=c2oc3ccccc3cc2C(=O)Nc2ccccc2)c1. The second-order valence-electron chi connectivity index (χ2n) is 7.18. The van der Waals surface area contributed by atoms with Crippen molar-refractivity contribution in [3.05, 3.63) is 102 Å². The van der Waals surface area contributed by atoms with Gasteiger partial charge in [0, 0.05) is 11.1 Å². The number of fused-ring (bicyclic) bond motifs is 1. The summed E-state index contributed by atoms with van der Waals surface area (Å²) < 4.78 is 6.03. The minimum absolute atomic E-state index is 0.260. The number of anilines is 1. The summed E-state index contributed by atoms with van der Waals surface area (Å²) >= 11 is 0. The third-order valence-electron chi connectivity index (χ3n) is 4.70. The Labute approximate surface area is 169 Å². The Morgan fingerprint density at radius 1 is 0.897 bits per heavy atom. The van der Waals surface area contributed by atoms with E-state index in [9.17, 15) is 4.79 Å². The number of nitrogens with zero attached hydrogens (tertiary/aromatic N) is 1. The molecule has 144 valence electrons. The van der Waals surface area contributed by atoms with Gasteiger partial charge in [-0.3, -0.25) is 4.79 Å². The highest BCUT2D eigenvalue weighted by atomic mass is 16.3. The van der Waals surface area contributed by atoms with Crippen molar-refractivity contribution in [2.24, 2.45) is 4.99 Å². The summed E-state index contributed by atoms with van der Waals surface area (Å²) in [6.07, 6.45) is 0. The largest absolute Gasteiger partial charge is 0.438 e. The fraction of sp³-hybridized carbons (Fsp3) is 0.120. The van der Waals surface area contributed by atoms with Crippen LogP contribution in [0.5, 0.6) is 0 Å². The van der Waals surface area contributed by atoms with Crippen molar-refractivity contribution in [2.45, 2.75) is 19.8 Å². The highest BCUT2D eigenvalue weighted by Gasteiger charge is 2.13. The lowest BCUT2D eigenvalue weighted by Gasteiger charge is -2.08. The van der Waals surface area contributed by atoms with Crippen LogP contribution in [0.1, 0.15) is 35.7 Å². The van der Waals surface area contributed by atoms with E-state index >= 15 is 0 Å². The average molecular weight is 382 g/mol. The van der Waals surface area contributed by atoms with Gasteiger partial charge in [0.05, 0.1) is 5.69 Å². The molecule has 1 aromatic heterocycles. The smallest absolute Gasteiger partial charge is 0.261 e. The molecule has 29 heavy (non-hydrogen) atoms. The number of carbonyl (C=O) groups excluding carboxylic acids is 1. The molecule has 4 heteroatoms. The molecule has 1 heterocycles. The second kappa shape index (κ2) is 8.15. The number of nitrogens with one attached hydrogen (secondary N) is 1. The van der Waals surface area contributed by atoms with Gasteiger partial charge >= 0.3 is 0 Å². The molecule has 3 aromatic carbocycles. The Bertz CT molecular complexity index is 1220. The van der Waals surface area contributed by atoms with Gasteiger partial charge in [0.2, 0.25) is 5.55 Å². The van der Waals surface area contributed by atoms with Crippen molar-refractivity contribution in [3.8, 4) is 0 Å². The summed E-state index contributed by atoms with van der Waals surface area (Å²) in [6.45, 7) is 4.27. The van der Waals surface area contributed by atoms with E-state index in [4.69, 9.17) is 4.42 Å². The monoisotopic (exact) mass is 382 g/mol.